The van der Waals surface area contributed by atoms with Gasteiger partial charge in [0.1, 0.15) is 5.82 Å². The number of para-hydroxylation sites is 1. The number of benzene rings is 2. The van der Waals surface area contributed by atoms with E-state index in [1.54, 1.807) is 0 Å². The molecule has 4 rings (SSSR count). The summed E-state index contributed by atoms with van der Waals surface area (Å²) in [5.41, 5.74) is 4.78. The lowest BCUT2D eigenvalue weighted by Crippen LogP contribution is -2.06. The van der Waals surface area contributed by atoms with Crippen LogP contribution in [0.2, 0.25) is 0 Å². The predicted octanol–water partition coefficient (Wildman–Crippen LogP) is 4.38. The highest BCUT2D eigenvalue weighted by molar-refractivity contribution is 5.74. The molecule has 114 valence electrons. The van der Waals surface area contributed by atoms with Gasteiger partial charge in [-0.05, 0) is 37.5 Å². The van der Waals surface area contributed by atoms with E-state index in [1.165, 1.54) is 11.1 Å². The van der Waals surface area contributed by atoms with Crippen LogP contribution in [0.3, 0.4) is 0 Å². The maximum atomic E-state index is 4.63. The average Bonchev–Trinajstić information content (AvgIpc) is 3.34. The van der Waals surface area contributed by atoms with Crippen LogP contribution in [0.25, 0.3) is 5.70 Å². The van der Waals surface area contributed by atoms with E-state index in [9.17, 15) is 0 Å². The molecule has 0 amide bonds. The molecule has 0 aliphatic heterocycles. The number of nitrogens with one attached hydrogen (secondary N) is 1. The molecule has 0 saturated heterocycles. The van der Waals surface area contributed by atoms with Crippen LogP contribution in [0.5, 0.6) is 0 Å². The van der Waals surface area contributed by atoms with Crippen LogP contribution in [-0.2, 0) is 0 Å². The molecule has 1 saturated carbocycles. The van der Waals surface area contributed by atoms with Gasteiger partial charge in [0.25, 0.3) is 0 Å². The molecule has 4 heteroatoms. The molecule has 0 radical (unpaired) electrons. The van der Waals surface area contributed by atoms with E-state index in [0.717, 1.165) is 36.0 Å². The number of anilines is 2. The van der Waals surface area contributed by atoms with Gasteiger partial charge < -0.3 is 5.32 Å². The second-order valence-electron chi connectivity index (χ2n) is 5.70. The molecule has 0 bridgehead atoms. The Kier molecular flexibility index (Phi) is 3.42. The molecule has 4 nitrogen and oxygen atoms in total. The lowest BCUT2D eigenvalue weighted by Gasteiger charge is -2.12. The van der Waals surface area contributed by atoms with Crippen molar-refractivity contribution in [1.82, 2.24) is 14.8 Å². The average molecular weight is 302 g/mol. The summed E-state index contributed by atoms with van der Waals surface area (Å²) >= 11 is 0. The summed E-state index contributed by atoms with van der Waals surface area (Å²) in [6.45, 7) is 1.92. The molecular formula is C19H18N4. The van der Waals surface area contributed by atoms with Crippen LogP contribution in [0.1, 0.15) is 24.2 Å². The zero-order valence-corrected chi connectivity index (χ0v) is 13.0. The maximum Gasteiger partial charge on any atom is 0.230 e. The summed E-state index contributed by atoms with van der Waals surface area (Å²) in [6, 6.07) is 20.5. The molecule has 1 aliphatic carbocycles. The fourth-order valence-corrected chi connectivity index (χ4v) is 2.67. The Morgan fingerprint density at radius 3 is 2.26 bits per heavy atom. The molecule has 23 heavy (non-hydrogen) atoms. The van der Waals surface area contributed by atoms with Gasteiger partial charge in [-0.15, -0.1) is 5.10 Å². The lowest BCUT2D eigenvalue weighted by atomic mass is 10.1. The van der Waals surface area contributed by atoms with E-state index in [4.69, 9.17) is 0 Å². The Balaban J connectivity index is 1.78. The highest BCUT2D eigenvalue weighted by atomic mass is 15.4. The first-order valence-electron chi connectivity index (χ1n) is 7.85. The van der Waals surface area contributed by atoms with Gasteiger partial charge in [0.2, 0.25) is 5.95 Å². The summed E-state index contributed by atoms with van der Waals surface area (Å²) in [4.78, 5) is 4.57. The number of hydrogen-bond donors (Lipinski definition) is 1. The zero-order valence-electron chi connectivity index (χ0n) is 13.0. The van der Waals surface area contributed by atoms with Crippen molar-refractivity contribution in [1.29, 1.82) is 0 Å². The van der Waals surface area contributed by atoms with Crippen LogP contribution in [0.15, 0.2) is 66.2 Å². The summed E-state index contributed by atoms with van der Waals surface area (Å²) < 4.78 is 1.94. The van der Waals surface area contributed by atoms with Crippen molar-refractivity contribution in [3.05, 3.63) is 77.6 Å². The van der Waals surface area contributed by atoms with E-state index < -0.39 is 0 Å². The van der Waals surface area contributed by atoms with E-state index in [2.05, 4.69) is 39.7 Å². The van der Waals surface area contributed by atoms with E-state index in [1.807, 2.05) is 48.0 Å². The highest BCUT2D eigenvalue weighted by Gasteiger charge is 2.23. The Bertz CT molecular complexity index is 842. The first-order valence-corrected chi connectivity index (χ1v) is 7.85. The van der Waals surface area contributed by atoms with Crippen molar-refractivity contribution >= 4 is 17.3 Å². The lowest BCUT2D eigenvalue weighted by molar-refractivity contribution is 0.888. The monoisotopic (exact) mass is 302 g/mol. The van der Waals surface area contributed by atoms with Crippen LogP contribution < -0.4 is 5.32 Å². The van der Waals surface area contributed by atoms with Gasteiger partial charge in [-0.25, -0.2) is 0 Å². The number of aryl methyl sites for hydroxylation is 1. The van der Waals surface area contributed by atoms with E-state index in [0.29, 0.717) is 0 Å². The maximum absolute atomic E-state index is 4.63. The Hall–Kier alpha value is -2.88. The van der Waals surface area contributed by atoms with Gasteiger partial charge >= 0.3 is 0 Å². The molecule has 1 N–H and O–H groups in total. The summed E-state index contributed by atoms with van der Waals surface area (Å²) in [7, 11) is 0. The smallest absolute Gasteiger partial charge is 0.230 e. The topological polar surface area (TPSA) is 42.7 Å². The Morgan fingerprint density at radius 1 is 0.957 bits per heavy atom. The number of rotatable bonds is 4. The van der Waals surface area contributed by atoms with Gasteiger partial charge in [-0.2, -0.15) is 9.67 Å². The minimum atomic E-state index is 0.756. The van der Waals surface area contributed by atoms with Crippen molar-refractivity contribution in [2.24, 2.45) is 0 Å². The van der Waals surface area contributed by atoms with Crippen LogP contribution in [0.4, 0.5) is 11.6 Å². The van der Waals surface area contributed by atoms with E-state index >= 15 is 0 Å². The fraction of sp³-hybridized carbons (Fsp3) is 0.158. The highest BCUT2D eigenvalue weighted by Crippen LogP contribution is 2.38. The number of allylic oxidation sites excluding steroid dienone is 1. The zero-order chi connectivity index (χ0) is 15.6. The third-order valence-electron chi connectivity index (χ3n) is 3.84. The second-order valence-corrected chi connectivity index (χ2v) is 5.70. The molecule has 0 spiro atoms. The summed E-state index contributed by atoms with van der Waals surface area (Å²) in [6.07, 6.45) is 2.27. The fourth-order valence-electron chi connectivity index (χ4n) is 2.67. The molecule has 0 unspecified atom stereocenters. The van der Waals surface area contributed by atoms with Crippen molar-refractivity contribution in [2.45, 2.75) is 19.8 Å². The minimum Gasteiger partial charge on any atom is -0.324 e. The molecule has 0 atom stereocenters. The number of hydrogen-bond acceptors (Lipinski definition) is 3. The first-order chi connectivity index (χ1) is 11.3. The van der Waals surface area contributed by atoms with Gasteiger partial charge in [0.15, 0.2) is 0 Å². The van der Waals surface area contributed by atoms with Gasteiger partial charge in [0, 0.05) is 11.3 Å². The largest absolute Gasteiger partial charge is 0.324 e. The standard InChI is InChI=1S/C19H18N4/c1-14-20-19(21-17-10-6-3-7-11-17)23(22-14)18(16-12-13-16)15-8-4-2-5-9-15/h2-11H,12-13H2,1H3,(H,20,21,22). The SMILES string of the molecule is Cc1nc(Nc2ccccc2)n(C(=C2CC2)c2ccccc2)n1. The molecule has 3 aromatic rings. The summed E-state index contributed by atoms with van der Waals surface area (Å²) in [5, 5.41) is 8.01. The number of aromatic nitrogens is 3. The van der Waals surface area contributed by atoms with Gasteiger partial charge in [-0.3, -0.25) is 0 Å². The van der Waals surface area contributed by atoms with Crippen molar-refractivity contribution in [3.8, 4) is 0 Å². The van der Waals surface area contributed by atoms with Crippen LogP contribution >= 0.6 is 0 Å². The predicted molar refractivity (Wildman–Crippen MR) is 92.5 cm³/mol. The molecule has 1 fully saturated rings. The third kappa shape index (κ3) is 2.88. The van der Waals surface area contributed by atoms with Crippen molar-refractivity contribution < 1.29 is 0 Å². The van der Waals surface area contributed by atoms with Gasteiger partial charge in [0.05, 0.1) is 5.70 Å². The Morgan fingerprint density at radius 2 is 1.61 bits per heavy atom. The molecule has 2 aromatic carbocycles. The first kappa shape index (κ1) is 13.8. The van der Waals surface area contributed by atoms with Gasteiger partial charge in [-0.1, -0.05) is 48.5 Å². The molecule has 1 heterocycles. The molecule has 1 aromatic heterocycles. The van der Waals surface area contributed by atoms with E-state index in [-0.39, 0.29) is 0 Å². The molecular weight excluding hydrogens is 284 g/mol. The van der Waals surface area contributed by atoms with Crippen molar-refractivity contribution in [3.63, 3.8) is 0 Å². The number of nitrogens with zero attached hydrogens (tertiary/aromatic N) is 3. The van der Waals surface area contributed by atoms with Crippen LogP contribution in [0, 0.1) is 6.92 Å². The normalized spacial score (nSPS) is 13.0. The summed E-state index contributed by atoms with van der Waals surface area (Å²) in [5.74, 6) is 1.52. The third-order valence-corrected chi connectivity index (χ3v) is 3.84. The second kappa shape index (κ2) is 5.72. The van der Waals surface area contributed by atoms with Crippen molar-refractivity contribution in [2.75, 3.05) is 5.32 Å². The molecule has 1 aliphatic rings. The minimum absolute atomic E-state index is 0.756. The Labute approximate surface area is 135 Å². The quantitative estimate of drug-likeness (QED) is 0.777. The van der Waals surface area contributed by atoms with Crippen LogP contribution in [-0.4, -0.2) is 14.8 Å².